The monoisotopic (exact) mass is 434 g/mol. The second-order valence-electron chi connectivity index (χ2n) is 8.24. The molecule has 0 atom stereocenters. The van der Waals surface area contributed by atoms with Crippen molar-refractivity contribution >= 4 is 23.7 Å². The summed E-state index contributed by atoms with van der Waals surface area (Å²) in [5.74, 6) is 0.634. The van der Waals surface area contributed by atoms with Crippen LogP contribution in [-0.4, -0.2) is 50.9 Å². The number of guanidine groups is 1. The molecule has 1 amide bonds. The number of aliphatic imine (C=N–C) groups is 1. The summed E-state index contributed by atoms with van der Waals surface area (Å²) >= 11 is 0. The first-order valence-corrected chi connectivity index (χ1v) is 10.8. The van der Waals surface area contributed by atoms with Crippen molar-refractivity contribution in [3.05, 3.63) is 29.8 Å². The van der Waals surface area contributed by atoms with E-state index in [2.05, 4.69) is 25.7 Å². The lowest BCUT2D eigenvalue weighted by molar-refractivity contribution is -0.140. The minimum absolute atomic E-state index is 0.142. The minimum Gasteiger partial charge on any atom is -0.469 e. The van der Waals surface area contributed by atoms with E-state index >= 15 is 0 Å². The van der Waals surface area contributed by atoms with Crippen LogP contribution in [0, 0.1) is 0 Å². The number of rotatable bonds is 11. The van der Waals surface area contributed by atoms with E-state index in [1.165, 1.54) is 7.11 Å². The zero-order valence-electron chi connectivity index (χ0n) is 19.5. The number of hydrogen-bond acceptors (Lipinski definition) is 5. The van der Waals surface area contributed by atoms with E-state index in [0.29, 0.717) is 12.1 Å². The third-order valence-corrected chi connectivity index (χ3v) is 4.36. The highest BCUT2D eigenvalue weighted by Gasteiger charge is 2.16. The molecule has 0 aliphatic heterocycles. The van der Waals surface area contributed by atoms with Crippen LogP contribution >= 0.6 is 0 Å². The van der Waals surface area contributed by atoms with Gasteiger partial charge in [-0.15, -0.1) is 0 Å². The van der Waals surface area contributed by atoms with E-state index in [1.807, 2.05) is 45.0 Å². The molecule has 0 aromatic heterocycles. The van der Waals surface area contributed by atoms with Gasteiger partial charge in [0.1, 0.15) is 5.60 Å². The number of benzene rings is 1. The van der Waals surface area contributed by atoms with Gasteiger partial charge < -0.3 is 20.1 Å². The lowest BCUT2D eigenvalue weighted by Crippen LogP contribution is -2.38. The smallest absolute Gasteiger partial charge is 0.412 e. The highest BCUT2D eigenvalue weighted by atomic mass is 16.6. The van der Waals surface area contributed by atoms with Crippen LogP contribution in [0.25, 0.3) is 0 Å². The Morgan fingerprint density at radius 2 is 1.61 bits per heavy atom. The number of amides is 1. The van der Waals surface area contributed by atoms with Crippen molar-refractivity contribution in [2.24, 2.45) is 4.99 Å². The zero-order valence-corrected chi connectivity index (χ0v) is 19.5. The number of nitrogens with one attached hydrogen (secondary N) is 3. The average Bonchev–Trinajstić information content (AvgIpc) is 2.71. The largest absolute Gasteiger partial charge is 0.469 e. The first kappa shape index (κ1) is 26.3. The van der Waals surface area contributed by atoms with Crippen molar-refractivity contribution < 1.29 is 19.1 Å². The predicted octanol–water partition coefficient (Wildman–Crippen LogP) is 3.86. The molecule has 31 heavy (non-hydrogen) atoms. The maximum atomic E-state index is 11.8. The Hall–Kier alpha value is -2.77. The molecule has 0 heterocycles. The quantitative estimate of drug-likeness (QED) is 0.212. The molecule has 1 aromatic carbocycles. The molecule has 8 heteroatoms. The Morgan fingerprint density at radius 3 is 2.23 bits per heavy atom. The van der Waals surface area contributed by atoms with Crippen molar-refractivity contribution in [2.45, 2.75) is 64.9 Å². The van der Waals surface area contributed by atoms with Crippen molar-refractivity contribution in [1.29, 1.82) is 0 Å². The summed E-state index contributed by atoms with van der Waals surface area (Å²) in [6.45, 7) is 7.08. The molecule has 8 nitrogen and oxygen atoms in total. The van der Waals surface area contributed by atoms with Crippen molar-refractivity contribution in [2.75, 3.05) is 32.6 Å². The van der Waals surface area contributed by atoms with E-state index in [1.54, 1.807) is 7.05 Å². The fourth-order valence-corrected chi connectivity index (χ4v) is 2.78. The lowest BCUT2D eigenvalue weighted by Gasteiger charge is -2.19. The first-order chi connectivity index (χ1) is 14.7. The van der Waals surface area contributed by atoms with Gasteiger partial charge in [-0.25, -0.2) is 4.79 Å². The van der Waals surface area contributed by atoms with E-state index in [-0.39, 0.29) is 5.97 Å². The van der Waals surface area contributed by atoms with Crippen LogP contribution in [-0.2, 0) is 20.7 Å². The van der Waals surface area contributed by atoms with Gasteiger partial charge in [-0.3, -0.25) is 15.1 Å². The van der Waals surface area contributed by atoms with E-state index in [9.17, 15) is 9.59 Å². The van der Waals surface area contributed by atoms with Gasteiger partial charge in [-0.2, -0.15) is 0 Å². The van der Waals surface area contributed by atoms with Gasteiger partial charge in [0.25, 0.3) is 0 Å². The van der Waals surface area contributed by atoms with Crippen molar-refractivity contribution in [3.8, 4) is 0 Å². The Kier molecular flexibility index (Phi) is 12.1. The summed E-state index contributed by atoms with van der Waals surface area (Å²) in [4.78, 5) is 27.1. The van der Waals surface area contributed by atoms with E-state index < -0.39 is 11.7 Å². The fourth-order valence-electron chi connectivity index (χ4n) is 2.78. The van der Waals surface area contributed by atoms with Crippen LogP contribution in [0.2, 0.25) is 0 Å². The summed E-state index contributed by atoms with van der Waals surface area (Å²) in [5.41, 5.74) is 1.34. The second kappa shape index (κ2) is 14.3. The fraction of sp³-hybridized carbons (Fsp3) is 0.609. The molecule has 0 radical (unpaired) electrons. The molecule has 0 bridgehead atoms. The summed E-state index contributed by atoms with van der Waals surface area (Å²) < 4.78 is 9.88. The van der Waals surface area contributed by atoms with Gasteiger partial charge >= 0.3 is 12.1 Å². The molecule has 174 valence electrons. The summed E-state index contributed by atoms with van der Waals surface area (Å²) in [7, 11) is 3.17. The topological polar surface area (TPSA) is 101 Å². The van der Waals surface area contributed by atoms with Gasteiger partial charge in [0.05, 0.1) is 7.11 Å². The number of methoxy groups -OCH3 is 1. The molecule has 0 fully saturated rings. The SMILES string of the molecule is CN=C(NCCCCCCC(=O)OC)NCCc1ccc(NC(=O)OC(C)(C)C)cc1. The summed E-state index contributed by atoms with van der Waals surface area (Å²) in [5, 5.41) is 9.33. The van der Waals surface area contributed by atoms with Crippen molar-refractivity contribution in [3.63, 3.8) is 0 Å². The average molecular weight is 435 g/mol. The van der Waals surface area contributed by atoms with Crippen molar-refractivity contribution in [1.82, 2.24) is 10.6 Å². The maximum absolute atomic E-state index is 11.8. The molecular weight excluding hydrogens is 396 g/mol. The van der Waals surface area contributed by atoms with Gasteiger partial charge in [0, 0.05) is 32.2 Å². The van der Waals surface area contributed by atoms with Gasteiger partial charge in [-0.05, 0) is 57.7 Å². The Balaban J connectivity index is 2.21. The van der Waals surface area contributed by atoms with Gasteiger partial charge in [0.2, 0.25) is 0 Å². The number of carbonyl (C=O) groups is 2. The molecule has 0 aliphatic carbocycles. The van der Waals surface area contributed by atoms with Crippen LogP contribution in [0.3, 0.4) is 0 Å². The lowest BCUT2D eigenvalue weighted by atomic mass is 10.1. The molecule has 0 spiro atoms. The third-order valence-electron chi connectivity index (χ3n) is 4.36. The molecule has 1 aromatic rings. The number of nitrogens with zero attached hydrogens (tertiary/aromatic N) is 1. The van der Waals surface area contributed by atoms with Crippen LogP contribution in [0.15, 0.2) is 29.3 Å². The van der Waals surface area contributed by atoms with Crippen LogP contribution in [0.1, 0.15) is 58.4 Å². The summed E-state index contributed by atoms with van der Waals surface area (Å²) in [6.07, 6.45) is 4.83. The molecule has 0 aliphatic rings. The number of unbranched alkanes of at least 4 members (excludes halogenated alkanes) is 3. The minimum atomic E-state index is -0.521. The van der Waals surface area contributed by atoms with Crippen LogP contribution < -0.4 is 16.0 Å². The van der Waals surface area contributed by atoms with E-state index in [4.69, 9.17) is 4.74 Å². The van der Waals surface area contributed by atoms with Crippen LogP contribution in [0.4, 0.5) is 10.5 Å². The van der Waals surface area contributed by atoms with Crippen LogP contribution in [0.5, 0.6) is 0 Å². The van der Waals surface area contributed by atoms with E-state index in [0.717, 1.165) is 56.7 Å². The second-order valence-corrected chi connectivity index (χ2v) is 8.24. The summed E-state index contributed by atoms with van der Waals surface area (Å²) in [6, 6.07) is 7.71. The standard InChI is InChI=1S/C23H38N4O4/c1-23(2,3)31-22(29)27-19-13-11-18(12-14-19)15-17-26-21(24-4)25-16-9-7-6-8-10-20(28)30-5/h11-14H,6-10,15-17H2,1-5H3,(H,27,29)(H2,24,25,26). The number of hydrogen-bond donors (Lipinski definition) is 3. The Labute approximate surface area is 186 Å². The number of anilines is 1. The highest BCUT2D eigenvalue weighted by Crippen LogP contribution is 2.13. The number of esters is 1. The molecule has 3 N–H and O–H groups in total. The molecule has 0 saturated heterocycles. The zero-order chi connectivity index (χ0) is 23.1. The first-order valence-electron chi connectivity index (χ1n) is 10.8. The van der Waals surface area contributed by atoms with Gasteiger partial charge in [-0.1, -0.05) is 25.0 Å². The molecular formula is C23H38N4O4. The highest BCUT2D eigenvalue weighted by molar-refractivity contribution is 5.84. The number of carbonyl (C=O) groups excluding carboxylic acids is 2. The molecule has 0 unspecified atom stereocenters. The normalized spacial score (nSPS) is 11.6. The Morgan fingerprint density at radius 1 is 0.968 bits per heavy atom. The Bertz CT molecular complexity index is 697. The molecule has 1 rings (SSSR count). The number of ether oxygens (including phenoxy) is 2. The maximum Gasteiger partial charge on any atom is 0.412 e. The third kappa shape index (κ3) is 13.2. The predicted molar refractivity (Wildman–Crippen MR) is 124 cm³/mol. The van der Waals surface area contributed by atoms with Gasteiger partial charge in [0.15, 0.2) is 5.96 Å². The molecule has 0 saturated carbocycles.